The van der Waals surface area contributed by atoms with Crippen LogP contribution >= 0.6 is 91.5 Å². The predicted octanol–water partition coefficient (Wildman–Crippen LogP) is 17.7. The van der Waals surface area contributed by atoms with Crippen LogP contribution in [0.4, 0.5) is 0 Å². The molecule has 8 nitrogen and oxygen atoms in total. The number of benzene rings is 4. The number of hydrogen-bond donors (Lipinski definition) is 0. The van der Waals surface area contributed by atoms with E-state index >= 15 is 0 Å². The van der Waals surface area contributed by atoms with Crippen LogP contribution in [0, 0.1) is 45.3 Å². The van der Waals surface area contributed by atoms with Crippen LogP contribution < -0.4 is 0 Å². The fourth-order valence-electron chi connectivity index (χ4n) is 10.7. The van der Waals surface area contributed by atoms with Crippen molar-refractivity contribution in [2.45, 2.75) is 38.5 Å². The molecular formula is C56H28N8S8. The van der Waals surface area contributed by atoms with E-state index in [4.69, 9.17) is 0 Å². The van der Waals surface area contributed by atoms with E-state index in [9.17, 15) is 21.0 Å². The lowest BCUT2D eigenvalue weighted by Gasteiger charge is -2.22. The van der Waals surface area contributed by atoms with Crippen molar-refractivity contribution in [1.29, 1.82) is 21.0 Å². The lowest BCUT2D eigenvalue weighted by Crippen LogP contribution is -2.15. The summed E-state index contributed by atoms with van der Waals surface area (Å²) in [6.07, 6.45) is 3.15. The molecule has 0 saturated carbocycles. The van der Waals surface area contributed by atoms with E-state index in [2.05, 4.69) is 106 Å². The Morgan fingerprint density at radius 1 is 0.431 bits per heavy atom. The molecule has 16 heteroatoms. The monoisotopic (exact) mass is 1070 g/mol. The number of aromatic nitrogens is 4. The van der Waals surface area contributed by atoms with Gasteiger partial charge in [0.15, 0.2) is 0 Å². The van der Waals surface area contributed by atoms with Crippen LogP contribution in [-0.4, -0.2) is 17.5 Å². The Morgan fingerprint density at radius 2 is 0.833 bits per heavy atom. The third kappa shape index (κ3) is 6.23. The van der Waals surface area contributed by atoms with Gasteiger partial charge in [-0.1, -0.05) is 52.0 Å². The second-order valence-electron chi connectivity index (χ2n) is 18.8. The molecule has 12 aromatic rings. The minimum Gasteiger partial charge on any atom is -0.192 e. The molecule has 4 aromatic carbocycles. The first-order valence-electron chi connectivity index (χ1n) is 22.5. The summed E-state index contributed by atoms with van der Waals surface area (Å²) in [5.74, 6) is 0. The number of nitrogens with zero attached hydrogens (tertiary/aromatic N) is 8. The quantitative estimate of drug-likeness (QED) is 0.150. The van der Waals surface area contributed by atoms with Gasteiger partial charge in [0.25, 0.3) is 0 Å². The average molecular weight is 1070 g/mol. The van der Waals surface area contributed by atoms with E-state index in [1.165, 1.54) is 92.2 Å². The molecule has 0 aliphatic heterocycles. The Balaban J connectivity index is 0.786. The summed E-state index contributed by atoms with van der Waals surface area (Å²) in [7, 11) is 0. The van der Waals surface area contributed by atoms with Crippen LogP contribution in [0.2, 0.25) is 0 Å². The molecule has 0 fully saturated rings. The number of allylic oxidation sites excluding steroid dienone is 2. The van der Waals surface area contributed by atoms with Crippen LogP contribution in [0.3, 0.4) is 0 Å². The summed E-state index contributed by atoms with van der Waals surface area (Å²) in [4.78, 5) is 9.88. The first kappa shape index (κ1) is 43.7. The molecule has 0 unspecified atom stereocenters. The zero-order valence-electron chi connectivity index (χ0n) is 38.1. The van der Waals surface area contributed by atoms with Crippen molar-refractivity contribution >= 4 is 155 Å². The van der Waals surface area contributed by atoms with E-state index in [0.717, 1.165) is 55.4 Å². The van der Waals surface area contributed by atoms with E-state index in [-0.39, 0.29) is 22.0 Å². The van der Waals surface area contributed by atoms with E-state index in [0.29, 0.717) is 22.2 Å². The van der Waals surface area contributed by atoms with E-state index < -0.39 is 0 Å². The molecule has 14 rings (SSSR count). The Hall–Kier alpha value is -7.06. The summed E-state index contributed by atoms with van der Waals surface area (Å²) in [5.41, 5.74) is 14.5. The summed E-state index contributed by atoms with van der Waals surface area (Å²) in [5, 5.41) is 39.9. The molecule has 0 bridgehead atoms. The molecule has 0 N–H and O–H groups in total. The predicted molar refractivity (Wildman–Crippen MR) is 303 cm³/mol. The van der Waals surface area contributed by atoms with Gasteiger partial charge >= 0.3 is 0 Å². The Labute approximate surface area is 443 Å². The van der Waals surface area contributed by atoms with Crippen LogP contribution in [0.15, 0.2) is 96.1 Å². The van der Waals surface area contributed by atoms with Crippen LogP contribution in [0.25, 0.3) is 125 Å². The SMILES string of the molecule is CC1(C)c2cc3sc(-c4ccc(-c5ccc(C=C(C#N)C#N)c6nsnc56)s4)cc3cc2-c2sc3c4c(sc3c21)-c1cc2cc(-c3ccc(-c5ccc(C=C(C#N)C#N)c6nsnc56)s3)sc2cc1C4(C)C. The lowest BCUT2D eigenvalue weighted by atomic mass is 9.81. The molecule has 0 radical (unpaired) electrons. The normalized spacial score (nSPS) is 13.7. The molecule has 0 atom stereocenters. The van der Waals surface area contributed by atoms with Gasteiger partial charge in [-0.25, -0.2) is 0 Å². The first-order chi connectivity index (χ1) is 34.9. The van der Waals surface area contributed by atoms with Crippen molar-refractivity contribution < 1.29 is 0 Å². The number of rotatable bonds is 6. The fraction of sp³-hybridized carbons (Fsp3) is 0.107. The van der Waals surface area contributed by atoms with Crippen molar-refractivity contribution in [1.82, 2.24) is 17.5 Å². The maximum absolute atomic E-state index is 9.34. The van der Waals surface area contributed by atoms with Gasteiger partial charge in [0, 0.05) is 81.5 Å². The van der Waals surface area contributed by atoms with Crippen molar-refractivity contribution in [3.8, 4) is 85.5 Å². The molecule has 2 aliphatic rings. The number of fused-ring (bicyclic) bond motifs is 13. The standard InChI is InChI=1S/C56H28N8S8/c1-55(2)35-19-41-29(17-43(67-41)39-11-9-37(65-39)31-7-5-27(13-25(21-57)22-58)47-49(31)63-71-61-47)15-33(35)51-45(55)53-54(69-51)46-52(70-53)34-16-30-18-44(68-42(30)20-36(34)56(46,3)4)40-12-10-38(66-40)32-8-6-28(14-26(23-59)24-60)48-50(32)64-72-62-48/h5-20H,1-4H3. The summed E-state index contributed by atoms with van der Waals surface area (Å²) in [6.45, 7) is 9.64. The van der Waals surface area contributed by atoms with Crippen molar-refractivity contribution in [2.75, 3.05) is 0 Å². The minimum absolute atomic E-state index is 0.0358. The Bertz CT molecular complexity index is 4330. The molecule has 0 saturated heterocycles. The smallest absolute Gasteiger partial charge is 0.130 e. The van der Waals surface area contributed by atoms with Gasteiger partial charge in [0.2, 0.25) is 0 Å². The first-order valence-corrected chi connectivity index (χ1v) is 28.8. The summed E-state index contributed by atoms with van der Waals surface area (Å²) < 4.78 is 23.7. The summed E-state index contributed by atoms with van der Waals surface area (Å²) in [6, 6.07) is 38.9. The molecule has 8 aromatic heterocycles. The van der Waals surface area contributed by atoms with Gasteiger partial charge in [-0.2, -0.15) is 38.5 Å². The number of thiophene rings is 6. The minimum atomic E-state index is -0.163. The van der Waals surface area contributed by atoms with Gasteiger partial charge in [0.1, 0.15) is 57.5 Å². The summed E-state index contributed by atoms with van der Waals surface area (Å²) >= 11 is 13.4. The Kier molecular flexibility index (Phi) is 9.54. The maximum atomic E-state index is 9.34. The molecule has 0 amide bonds. The van der Waals surface area contributed by atoms with Gasteiger partial charge in [0.05, 0.1) is 32.9 Å². The molecule has 72 heavy (non-hydrogen) atoms. The lowest BCUT2D eigenvalue weighted by molar-refractivity contribution is 0.666. The fourth-order valence-corrected chi connectivity index (χ4v) is 19.8. The molecular weight excluding hydrogens is 1040 g/mol. The van der Waals surface area contributed by atoms with Gasteiger partial charge in [-0.3, -0.25) is 0 Å². The van der Waals surface area contributed by atoms with Crippen LogP contribution in [-0.2, 0) is 10.8 Å². The third-order valence-corrected chi connectivity index (χ3v) is 22.6. The molecule has 8 heterocycles. The highest BCUT2D eigenvalue weighted by molar-refractivity contribution is 7.32. The number of hydrogen-bond acceptors (Lipinski definition) is 16. The highest BCUT2D eigenvalue weighted by Gasteiger charge is 2.45. The van der Waals surface area contributed by atoms with Gasteiger partial charge in [-0.05, 0) is 117 Å². The van der Waals surface area contributed by atoms with Gasteiger partial charge in [-0.15, -0.1) is 68.0 Å². The average Bonchev–Trinajstić information content (AvgIpc) is 4.23. The third-order valence-electron chi connectivity index (χ3n) is 14.1. The van der Waals surface area contributed by atoms with Crippen molar-refractivity contribution in [3.63, 3.8) is 0 Å². The molecule has 0 spiro atoms. The number of nitriles is 4. The highest BCUT2D eigenvalue weighted by Crippen LogP contribution is 2.64. The zero-order valence-corrected chi connectivity index (χ0v) is 44.6. The topological polar surface area (TPSA) is 147 Å². The van der Waals surface area contributed by atoms with E-state index in [1.54, 1.807) is 34.8 Å². The van der Waals surface area contributed by atoms with E-state index in [1.807, 2.05) is 93.9 Å². The largest absolute Gasteiger partial charge is 0.192 e. The maximum Gasteiger partial charge on any atom is 0.130 e. The second kappa shape index (κ2) is 15.7. The highest BCUT2D eigenvalue weighted by atomic mass is 32.1. The van der Waals surface area contributed by atoms with Crippen LogP contribution in [0.5, 0.6) is 0 Å². The zero-order chi connectivity index (χ0) is 48.9. The van der Waals surface area contributed by atoms with Gasteiger partial charge < -0.3 is 0 Å². The van der Waals surface area contributed by atoms with Crippen molar-refractivity contribution in [3.05, 3.63) is 129 Å². The van der Waals surface area contributed by atoms with Crippen molar-refractivity contribution in [2.24, 2.45) is 0 Å². The Morgan fingerprint density at radius 3 is 1.25 bits per heavy atom. The molecule has 340 valence electrons. The second-order valence-corrected chi connectivity index (χ2v) is 26.3. The molecule has 2 aliphatic carbocycles. The van der Waals surface area contributed by atoms with Crippen LogP contribution in [0.1, 0.15) is 61.1 Å².